The van der Waals surface area contributed by atoms with Crippen LogP contribution in [-0.2, 0) is 9.96 Å². The van der Waals surface area contributed by atoms with Crippen LogP contribution in [0.1, 0.15) is 11.1 Å². The zero-order valence-corrected chi connectivity index (χ0v) is 19.3. The van der Waals surface area contributed by atoms with Crippen molar-refractivity contribution in [2.24, 2.45) is 0 Å². The molecule has 0 fully saturated rings. The van der Waals surface area contributed by atoms with Crippen molar-refractivity contribution < 1.29 is 9.47 Å². The van der Waals surface area contributed by atoms with E-state index in [-0.39, 0.29) is 0 Å². The quantitative estimate of drug-likeness (QED) is 0.279. The lowest BCUT2D eigenvalue weighted by atomic mass is 10.0. The van der Waals surface area contributed by atoms with E-state index >= 15 is 0 Å². The summed E-state index contributed by atoms with van der Waals surface area (Å²) in [5.74, 6) is 0.844. The van der Waals surface area contributed by atoms with Crippen LogP contribution in [0.3, 0.4) is 0 Å². The molecule has 0 radical (unpaired) electrons. The highest BCUT2D eigenvalue weighted by Crippen LogP contribution is 2.42. The van der Waals surface area contributed by atoms with Crippen LogP contribution in [0.2, 0.25) is 19.6 Å². The van der Waals surface area contributed by atoms with Gasteiger partial charge in [-0.3, -0.25) is 0 Å². The molecule has 0 aliphatic heterocycles. The molecule has 0 heterocycles. The summed E-state index contributed by atoms with van der Waals surface area (Å²) in [6, 6.07) is 29.1. The van der Waals surface area contributed by atoms with Crippen LogP contribution in [0.5, 0.6) is 5.75 Å². The summed E-state index contributed by atoms with van der Waals surface area (Å²) in [6.07, 6.45) is 0. The minimum atomic E-state index is -1.84. The van der Waals surface area contributed by atoms with E-state index in [2.05, 4.69) is 96.2 Å². The molecule has 2 nitrogen and oxygen atoms in total. The number of ether oxygens (including phenoxy) is 2. The molecule has 0 spiro atoms. The van der Waals surface area contributed by atoms with Crippen LogP contribution >= 0.6 is 15.9 Å². The summed E-state index contributed by atoms with van der Waals surface area (Å²) in [5.41, 5.74) is 2.42. The van der Waals surface area contributed by atoms with E-state index in [1.807, 2.05) is 24.3 Å². The molecule has 0 unspecified atom stereocenters. The van der Waals surface area contributed by atoms with E-state index in [4.69, 9.17) is 9.47 Å². The summed E-state index contributed by atoms with van der Waals surface area (Å²) in [7, 11) is -1.84. The van der Waals surface area contributed by atoms with Gasteiger partial charge in [-0.25, -0.2) is 0 Å². The first kappa shape index (κ1) is 20.8. The molecule has 0 bridgehead atoms. The summed E-state index contributed by atoms with van der Waals surface area (Å²) in [5, 5.41) is -0.434. The summed E-state index contributed by atoms with van der Waals surface area (Å²) in [6.45, 7) is 8.11. The van der Waals surface area contributed by atoms with Crippen molar-refractivity contribution in [1.82, 2.24) is 0 Å². The van der Waals surface area contributed by atoms with Crippen molar-refractivity contribution in [3.63, 3.8) is 0 Å². The molecule has 0 amide bonds. The zero-order valence-electron chi connectivity index (χ0n) is 16.7. The molecule has 3 aromatic carbocycles. The summed E-state index contributed by atoms with van der Waals surface area (Å²) in [4.78, 5) is 0. The molecular formula is C24H27BrO2Si. The highest BCUT2D eigenvalue weighted by Gasteiger charge is 2.47. The van der Waals surface area contributed by atoms with Gasteiger partial charge in [0.05, 0.1) is 14.7 Å². The number of hydrogen-bond donors (Lipinski definition) is 0. The fraction of sp³-hybridized carbons (Fsp3) is 0.250. The third kappa shape index (κ3) is 4.57. The van der Waals surface area contributed by atoms with Gasteiger partial charge in [0, 0.05) is 4.47 Å². The van der Waals surface area contributed by atoms with Gasteiger partial charge in [0.15, 0.2) is 0 Å². The Kier molecular flexibility index (Phi) is 6.76. The second-order valence-corrected chi connectivity index (χ2v) is 13.9. The number of halogens is 1. The first-order chi connectivity index (χ1) is 13.4. The van der Waals surface area contributed by atoms with E-state index in [1.165, 1.54) is 11.1 Å². The lowest BCUT2D eigenvalue weighted by molar-refractivity contribution is 0.0185. The molecule has 0 N–H and O–H groups in total. The van der Waals surface area contributed by atoms with E-state index < -0.39 is 13.3 Å². The van der Waals surface area contributed by atoms with Crippen LogP contribution in [0.25, 0.3) is 0 Å². The van der Waals surface area contributed by atoms with Gasteiger partial charge in [0.1, 0.15) is 17.6 Å². The summed E-state index contributed by atoms with van der Waals surface area (Å²) >= 11 is 3.48. The topological polar surface area (TPSA) is 18.5 Å². The minimum absolute atomic E-state index is 0.434. The van der Waals surface area contributed by atoms with Crippen molar-refractivity contribution >= 4 is 24.0 Å². The SMILES string of the molecule is C[Si](C)(C)C(OCCOc1cccc(Br)c1)(c1ccccc1)c1ccccc1. The Balaban J connectivity index is 1.88. The molecule has 3 aromatic rings. The smallest absolute Gasteiger partial charge is 0.120 e. The van der Waals surface area contributed by atoms with Crippen LogP contribution in [0.15, 0.2) is 89.4 Å². The van der Waals surface area contributed by atoms with Crippen LogP contribution in [-0.4, -0.2) is 21.3 Å². The van der Waals surface area contributed by atoms with Crippen LogP contribution < -0.4 is 4.74 Å². The molecule has 0 saturated carbocycles. The van der Waals surface area contributed by atoms with E-state index in [1.54, 1.807) is 0 Å². The Morgan fingerprint density at radius 3 is 1.82 bits per heavy atom. The van der Waals surface area contributed by atoms with Crippen molar-refractivity contribution in [3.8, 4) is 5.75 Å². The normalized spacial score (nSPS) is 12.0. The van der Waals surface area contributed by atoms with Gasteiger partial charge in [0.25, 0.3) is 0 Å². The highest BCUT2D eigenvalue weighted by atomic mass is 79.9. The van der Waals surface area contributed by atoms with Gasteiger partial charge < -0.3 is 9.47 Å². The van der Waals surface area contributed by atoms with E-state index in [0.717, 1.165) is 10.2 Å². The molecule has 0 aliphatic carbocycles. The average molecular weight is 455 g/mol. The third-order valence-electron chi connectivity index (χ3n) is 4.88. The Morgan fingerprint density at radius 1 is 0.750 bits per heavy atom. The zero-order chi connectivity index (χ0) is 20.0. The molecule has 146 valence electrons. The number of hydrogen-bond acceptors (Lipinski definition) is 2. The maximum atomic E-state index is 6.74. The monoisotopic (exact) mass is 454 g/mol. The molecule has 0 aromatic heterocycles. The number of benzene rings is 3. The summed E-state index contributed by atoms with van der Waals surface area (Å²) < 4.78 is 13.7. The maximum Gasteiger partial charge on any atom is 0.120 e. The van der Waals surface area contributed by atoms with E-state index in [0.29, 0.717) is 13.2 Å². The first-order valence-corrected chi connectivity index (χ1v) is 13.9. The second-order valence-electron chi connectivity index (χ2n) is 7.82. The maximum absolute atomic E-state index is 6.74. The van der Waals surface area contributed by atoms with Gasteiger partial charge in [-0.15, -0.1) is 0 Å². The Morgan fingerprint density at radius 2 is 1.32 bits per heavy atom. The standard InChI is InChI=1S/C24H27BrO2Si/c1-28(2,3)24(20-11-6-4-7-12-20,21-13-8-5-9-14-21)27-18-17-26-23-16-10-15-22(25)19-23/h4-16,19H,17-18H2,1-3H3. The molecule has 0 saturated heterocycles. The predicted octanol–water partition coefficient (Wildman–Crippen LogP) is 6.67. The highest BCUT2D eigenvalue weighted by molar-refractivity contribution is 9.10. The van der Waals surface area contributed by atoms with Crippen LogP contribution in [0, 0.1) is 0 Å². The van der Waals surface area contributed by atoms with Gasteiger partial charge >= 0.3 is 0 Å². The molecule has 28 heavy (non-hydrogen) atoms. The third-order valence-corrected chi connectivity index (χ3v) is 8.21. The second kappa shape index (κ2) is 9.08. The Bertz CT molecular complexity index is 836. The predicted molar refractivity (Wildman–Crippen MR) is 123 cm³/mol. The van der Waals surface area contributed by atoms with Crippen molar-refractivity contribution in [3.05, 3.63) is 101 Å². The minimum Gasteiger partial charge on any atom is -0.491 e. The van der Waals surface area contributed by atoms with Crippen molar-refractivity contribution in [2.75, 3.05) is 13.2 Å². The average Bonchev–Trinajstić information content (AvgIpc) is 2.69. The Labute approximate surface area is 177 Å². The van der Waals surface area contributed by atoms with E-state index in [9.17, 15) is 0 Å². The van der Waals surface area contributed by atoms with Crippen molar-refractivity contribution in [1.29, 1.82) is 0 Å². The van der Waals surface area contributed by atoms with Gasteiger partial charge in [-0.1, -0.05) is 102 Å². The molecule has 0 aliphatic rings. The Hall–Kier alpha value is -1.88. The molecule has 4 heteroatoms. The van der Waals surface area contributed by atoms with Gasteiger partial charge in [-0.05, 0) is 29.3 Å². The first-order valence-electron chi connectivity index (χ1n) is 9.57. The molecule has 0 atom stereocenters. The van der Waals surface area contributed by atoms with Gasteiger partial charge in [0.2, 0.25) is 0 Å². The fourth-order valence-corrected chi connectivity index (χ4v) is 6.65. The lowest BCUT2D eigenvalue weighted by Gasteiger charge is -2.44. The fourth-order valence-electron chi connectivity index (χ4n) is 3.67. The largest absolute Gasteiger partial charge is 0.491 e. The molecule has 3 rings (SSSR count). The van der Waals surface area contributed by atoms with Crippen LogP contribution in [0.4, 0.5) is 0 Å². The van der Waals surface area contributed by atoms with Crippen molar-refractivity contribution in [2.45, 2.75) is 24.9 Å². The molecular weight excluding hydrogens is 428 g/mol. The lowest BCUT2D eigenvalue weighted by Crippen LogP contribution is -2.53. The number of rotatable bonds is 8. The van der Waals surface area contributed by atoms with Gasteiger partial charge in [-0.2, -0.15) is 0 Å².